The van der Waals surface area contributed by atoms with Gasteiger partial charge < -0.3 is 14.9 Å². The maximum Gasteiger partial charge on any atom is 0.333 e. The van der Waals surface area contributed by atoms with Crippen molar-refractivity contribution in [3.05, 3.63) is 12.2 Å². The van der Waals surface area contributed by atoms with Gasteiger partial charge in [0.1, 0.15) is 0 Å². The molecule has 0 aromatic carbocycles. The third-order valence-corrected chi connectivity index (χ3v) is 5.77. The largest absolute Gasteiger partial charge is 0.375 e. The summed E-state index contributed by atoms with van der Waals surface area (Å²) in [4.78, 5) is 76.1. The van der Waals surface area contributed by atoms with Crippen molar-refractivity contribution in [3.63, 3.8) is 0 Å². The van der Waals surface area contributed by atoms with Gasteiger partial charge >= 0.3 is 5.97 Å². The standard InChI is InChI=1S/C24H35N3O8/c1-23(2,25-17(28)12-15-26-18(29)8-9-19(26)30)14-16-34-24(3,4)13-6-5-7-22(33)35-27-20(31)10-11-21(27)32/h8-9H,5-7,10-16H2,1-4H3,(H,25,28). The van der Waals surface area contributed by atoms with Crippen molar-refractivity contribution in [3.8, 4) is 0 Å². The van der Waals surface area contributed by atoms with E-state index in [4.69, 9.17) is 9.57 Å². The summed E-state index contributed by atoms with van der Waals surface area (Å²) in [5.74, 6) is -2.68. The van der Waals surface area contributed by atoms with Gasteiger partial charge in [-0.2, -0.15) is 0 Å². The highest BCUT2D eigenvalue weighted by Crippen LogP contribution is 2.21. The van der Waals surface area contributed by atoms with Crippen LogP contribution in [0.3, 0.4) is 0 Å². The van der Waals surface area contributed by atoms with E-state index in [-0.39, 0.29) is 38.1 Å². The Morgan fingerprint density at radius 2 is 1.51 bits per heavy atom. The summed E-state index contributed by atoms with van der Waals surface area (Å²) in [6, 6.07) is 0. The number of ether oxygens (including phenoxy) is 1. The number of carbonyl (C=O) groups is 6. The van der Waals surface area contributed by atoms with Gasteiger partial charge in [0.25, 0.3) is 23.6 Å². The number of unbranched alkanes of at least 4 members (excludes halogenated alkanes) is 1. The van der Waals surface area contributed by atoms with E-state index in [0.717, 1.165) is 4.90 Å². The molecule has 2 heterocycles. The summed E-state index contributed by atoms with van der Waals surface area (Å²) in [6.07, 6.45) is 5.08. The lowest BCUT2D eigenvalue weighted by atomic mass is 9.98. The molecule has 0 unspecified atom stereocenters. The Morgan fingerprint density at radius 3 is 2.11 bits per heavy atom. The van der Waals surface area contributed by atoms with Crippen molar-refractivity contribution < 1.29 is 38.3 Å². The minimum Gasteiger partial charge on any atom is -0.375 e. The van der Waals surface area contributed by atoms with Crippen molar-refractivity contribution in [1.82, 2.24) is 15.3 Å². The molecule has 0 aromatic rings. The number of nitrogens with one attached hydrogen (secondary N) is 1. The minimum atomic E-state index is -0.612. The Bertz CT molecular complexity index is 859. The molecule has 0 aliphatic carbocycles. The van der Waals surface area contributed by atoms with Gasteiger partial charge in [0.15, 0.2) is 0 Å². The Labute approximate surface area is 205 Å². The minimum absolute atomic E-state index is 0.0253. The first-order chi connectivity index (χ1) is 16.3. The lowest BCUT2D eigenvalue weighted by molar-refractivity contribution is -0.197. The number of hydrogen-bond acceptors (Lipinski definition) is 8. The number of hydroxylamine groups is 2. The van der Waals surface area contributed by atoms with Gasteiger partial charge in [-0.05, 0) is 47.0 Å². The first-order valence-electron chi connectivity index (χ1n) is 11.8. The third-order valence-electron chi connectivity index (χ3n) is 5.77. The van der Waals surface area contributed by atoms with Gasteiger partial charge in [0.05, 0.1) is 5.60 Å². The summed E-state index contributed by atoms with van der Waals surface area (Å²) in [5.41, 5.74) is -0.993. The van der Waals surface area contributed by atoms with Gasteiger partial charge in [-0.15, -0.1) is 5.06 Å². The highest BCUT2D eigenvalue weighted by Gasteiger charge is 2.32. The smallest absolute Gasteiger partial charge is 0.333 e. The molecular formula is C24H35N3O8. The van der Waals surface area contributed by atoms with E-state index >= 15 is 0 Å². The molecule has 0 radical (unpaired) electrons. The number of rotatable bonds is 14. The van der Waals surface area contributed by atoms with Gasteiger partial charge in [-0.25, -0.2) is 4.79 Å². The van der Waals surface area contributed by atoms with Crippen LogP contribution in [0, 0.1) is 0 Å². The SMILES string of the molecule is CC(C)(CCOC(C)(C)CCCCC(=O)ON1C(=O)CCC1=O)NC(=O)CCN1C(=O)C=CC1=O. The van der Waals surface area contributed by atoms with Crippen LogP contribution in [0.4, 0.5) is 0 Å². The molecule has 0 bridgehead atoms. The highest BCUT2D eigenvalue weighted by molar-refractivity contribution is 6.13. The van der Waals surface area contributed by atoms with E-state index in [1.807, 2.05) is 27.7 Å². The van der Waals surface area contributed by atoms with Crippen LogP contribution in [0.25, 0.3) is 0 Å². The normalized spacial score (nSPS) is 16.5. The second-order valence-corrected chi connectivity index (χ2v) is 9.95. The monoisotopic (exact) mass is 493 g/mol. The van der Waals surface area contributed by atoms with Crippen LogP contribution >= 0.6 is 0 Å². The number of hydrogen-bond donors (Lipinski definition) is 1. The fourth-order valence-electron chi connectivity index (χ4n) is 3.65. The summed E-state index contributed by atoms with van der Waals surface area (Å²) < 4.78 is 5.99. The number of amides is 5. The topological polar surface area (TPSA) is 139 Å². The number of nitrogens with zero attached hydrogens (tertiary/aromatic N) is 2. The summed E-state index contributed by atoms with van der Waals surface area (Å²) in [5, 5.41) is 3.46. The van der Waals surface area contributed by atoms with Crippen LogP contribution in [-0.4, -0.2) is 69.8 Å². The lowest BCUT2D eigenvalue weighted by Crippen LogP contribution is -2.46. The molecule has 1 saturated heterocycles. The molecule has 0 saturated carbocycles. The maximum atomic E-state index is 12.3. The molecule has 0 aromatic heterocycles. The molecule has 0 spiro atoms. The average Bonchev–Trinajstić information content (AvgIpc) is 3.24. The van der Waals surface area contributed by atoms with Crippen LogP contribution in [0.5, 0.6) is 0 Å². The van der Waals surface area contributed by atoms with E-state index < -0.39 is 40.7 Å². The predicted molar refractivity (Wildman–Crippen MR) is 123 cm³/mol. The zero-order valence-electron chi connectivity index (χ0n) is 20.9. The Kier molecular flexibility index (Phi) is 9.70. The molecule has 194 valence electrons. The van der Waals surface area contributed by atoms with E-state index in [9.17, 15) is 28.8 Å². The van der Waals surface area contributed by atoms with E-state index in [1.54, 1.807) is 0 Å². The molecular weight excluding hydrogens is 458 g/mol. The van der Waals surface area contributed by atoms with Crippen molar-refractivity contribution in [2.75, 3.05) is 13.2 Å². The molecule has 11 nitrogen and oxygen atoms in total. The van der Waals surface area contributed by atoms with Gasteiger partial charge in [-0.1, -0.05) is 6.42 Å². The first kappa shape index (κ1) is 28.2. The van der Waals surface area contributed by atoms with Crippen LogP contribution in [-0.2, 0) is 38.3 Å². The predicted octanol–water partition coefficient (Wildman–Crippen LogP) is 1.55. The summed E-state index contributed by atoms with van der Waals surface area (Å²) in [7, 11) is 0. The second kappa shape index (κ2) is 12.1. The molecule has 2 aliphatic rings. The van der Waals surface area contributed by atoms with Crippen molar-refractivity contribution in [1.29, 1.82) is 0 Å². The summed E-state index contributed by atoms with van der Waals surface area (Å²) >= 11 is 0. The molecule has 35 heavy (non-hydrogen) atoms. The first-order valence-corrected chi connectivity index (χ1v) is 11.8. The molecule has 2 aliphatic heterocycles. The zero-order chi connectivity index (χ0) is 26.2. The Balaban J connectivity index is 1.60. The van der Waals surface area contributed by atoms with Crippen molar-refractivity contribution in [2.24, 2.45) is 0 Å². The van der Waals surface area contributed by atoms with Crippen molar-refractivity contribution in [2.45, 2.75) is 90.2 Å². The van der Waals surface area contributed by atoms with Gasteiger partial charge in [0.2, 0.25) is 5.91 Å². The molecule has 0 atom stereocenters. The van der Waals surface area contributed by atoms with E-state index in [2.05, 4.69) is 5.32 Å². The van der Waals surface area contributed by atoms with Crippen LogP contribution < -0.4 is 5.32 Å². The summed E-state index contributed by atoms with van der Waals surface area (Å²) in [6.45, 7) is 8.06. The average molecular weight is 494 g/mol. The van der Waals surface area contributed by atoms with Crippen LogP contribution in [0.2, 0.25) is 0 Å². The lowest BCUT2D eigenvalue weighted by Gasteiger charge is -2.30. The quantitative estimate of drug-likeness (QED) is 0.284. The maximum absolute atomic E-state index is 12.3. The Morgan fingerprint density at radius 1 is 0.914 bits per heavy atom. The van der Waals surface area contributed by atoms with Gasteiger partial charge in [0, 0.05) is 56.5 Å². The van der Waals surface area contributed by atoms with Crippen LogP contribution in [0.1, 0.15) is 79.1 Å². The molecule has 1 fully saturated rings. The molecule has 2 rings (SSSR count). The third kappa shape index (κ3) is 9.23. The zero-order valence-corrected chi connectivity index (χ0v) is 20.9. The number of carbonyl (C=O) groups excluding carboxylic acids is 6. The fourth-order valence-corrected chi connectivity index (χ4v) is 3.65. The molecule has 1 N–H and O–H groups in total. The Hall–Kier alpha value is -3.08. The fraction of sp³-hybridized carbons (Fsp3) is 0.667. The van der Waals surface area contributed by atoms with E-state index in [1.165, 1.54) is 12.2 Å². The van der Waals surface area contributed by atoms with E-state index in [0.29, 0.717) is 37.4 Å². The molecule has 11 heteroatoms. The van der Waals surface area contributed by atoms with Crippen molar-refractivity contribution >= 4 is 35.5 Å². The van der Waals surface area contributed by atoms with Crippen LogP contribution in [0.15, 0.2) is 12.2 Å². The highest BCUT2D eigenvalue weighted by atomic mass is 16.7. The van der Waals surface area contributed by atoms with Gasteiger partial charge in [-0.3, -0.25) is 28.9 Å². The molecule has 5 amide bonds. The number of imide groups is 2. The second-order valence-electron chi connectivity index (χ2n) is 9.95.